The van der Waals surface area contributed by atoms with Crippen LogP contribution in [0.1, 0.15) is 38.5 Å². The minimum atomic E-state index is -3.47. The molecular weight excluding hydrogens is 256 g/mol. The van der Waals surface area contributed by atoms with Crippen molar-refractivity contribution in [2.45, 2.75) is 50.6 Å². The topological polar surface area (TPSA) is 98.5 Å². The maximum Gasteiger partial charge on any atom is 0.306 e. The molecule has 1 aliphatic carbocycles. The van der Waals surface area contributed by atoms with Crippen molar-refractivity contribution in [3.05, 3.63) is 0 Å². The third-order valence-corrected chi connectivity index (χ3v) is 4.61. The van der Waals surface area contributed by atoms with Gasteiger partial charge in [-0.15, -0.1) is 0 Å². The summed E-state index contributed by atoms with van der Waals surface area (Å²) in [5.41, 5.74) is 5.95. The quantitative estimate of drug-likeness (QED) is 0.550. The zero-order valence-electron chi connectivity index (χ0n) is 10.7. The molecule has 0 saturated heterocycles. The molecule has 3 N–H and O–H groups in total. The number of methoxy groups -OCH3 is 1. The lowest BCUT2D eigenvalue weighted by Crippen LogP contribution is -2.47. The minimum absolute atomic E-state index is 0.131. The normalized spacial score (nSPS) is 25.4. The van der Waals surface area contributed by atoms with Crippen LogP contribution in [0.15, 0.2) is 0 Å². The molecule has 0 aromatic rings. The zero-order chi connectivity index (χ0) is 13.6. The lowest BCUT2D eigenvalue weighted by atomic mass is 10.1. The molecule has 106 valence electrons. The SMILES string of the molecule is COC(=O)CCS(=O)(=O)NC1CCCCCC1N. The molecule has 0 amide bonds. The van der Waals surface area contributed by atoms with E-state index in [9.17, 15) is 13.2 Å². The van der Waals surface area contributed by atoms with Crippen molar-refractivity contribution in [3.63, 3.8) is 0 Å². The highest BCUT2D eigenvalue weighted by atomic mass is 32.2. The number of hydrogen-bond donors (Lipinski definition) is 2. The molecule has 0 aliphatic heterocycles. The van der Waals surface area contributed by atoms with Crippen LogP contribution in [0.25, 0.3) is 0 Å². The third-order valence-electron chi connectivity index (χ3n) is 3.20. The van der Waals surface area contributed by atoms with Crippen LogP contribution in [-0.4, -0.2) is 39.3 Å². The second-order valence-electron chi connectivity index (χ2n) is 4.67. The Balaban J connectivity index is 2.50. The van der Waals surface area contributed by atoms with Gasteiger partial charge in [0, 0.05) is 12.1 Å². The number of esters is 1. The summed E-state index contributed by atoms with van der Waals surface area (Å²) in [6.45, 7) is 0. The zero-order valence-corrected chi connectivity index (χ0v) is 11.5. The molecule has 0 aromatic heterocycles. The summed E-state index contributed by atoms with van der Waals surface area (Å²) in [6, 6.07) is -0.351. The highest BCUT2D eigenvalue weighted by Gasteiger charge is 2.25. The maximum absolute atomic E-state index is 11.8. The number of rotatable bonds is 5. The van der Waals surface area contributed by atoms with Crippen LogP contribution in [0.4, 0.5) is 0 Å². The Kier molecular flexibility index (Phi) is 6.04. The number of carbonyl (C=O) groups excluding carboxylic acids is 1. The maximum atomic E-state index is 11.8. The van der Waals surface area contributed by atoms with E-state index in [1.807, 2.05) is 0 Å². The molecule has 6 nitrogen and oxygen atoms in total. The van der Waals surface area contributed by atoms with Gasteiger partial charge in [0.2, 0.25) is 10.0 Å². The van der Waals surface area contributed by atoms with Crippen LogP contribution in [0.2, 0.25) is 0 Å². The van der Waals surface area contributed by atoms with Crippen molar-refractivity contribution in [1.29, 1.82) is 0 Å². The summed E-state index contributed by atoms with van der Waals surface area (Å²) >= 11 is 0. The Hall–Kier alpha value is -0.660. The first-order valence-corrected chi connectivity index (χ1v) is 7.92. The molecule has 0 bridgehead atoms. The molecular formula is C11H22N2O4S. The molecule has 1 fully saturated rings. The predicted octanol–water partition coefficient (Wildman–Crippen LogP) is 0.129. The lowest BCUT2D eigenvalue weighted by Gasteiger charge is -2.22. The van der Waals surface area contributed by atoms with Crippen LogP contribution in [-0.2, 0) is 19.6 Å². The molecule has 18 heavy (non-hydrogen) atoms. The second kappa shape index (κ2) is 7.06. The fourth-order valence-electron chi connectivity index (χ4n) is 2.09. The summed E-state index contributed by atoms with van der Waals surface area (Å²) in [4.78, 5) is 10.9. The molecule has 1 saturated carbocycles. The molecule has 0 heterocycles. The fourth-order valence-corrected chi connectivity index (χ4v) is 3.40. The van der Waals surface area contributed by atoms with Gasteiger partial charge in [-0.1, -0.05) is 19.3 Å². The first-order chi connectivity index (χ1) is 8.44. The van der Waals surface area contributed by atoms with E-state index in [0.29, 0.717) is 0 Å². The molecule has 7 heteroatoms. The average Bonchev–Trinajstić information content (AvgIpc) is 2.52. The van der Waals surface area contributed by atoms with Gasteiger partial charge in [-0.3, -0.25) is 4.79 Å². The molecule has 2 atom stereocenters. The molecule has 1 aliphatic rings. The molecule has 1 rings (SSSR count). The van der Waals surface area contributed by atoms with E-state index in [4.69, 9.17) is 5.73 Å². The Morgan fingerprint density at radius 2 is 2.00 bits per heavy atom. The van der Waals surface area contributed by atoms with E-state index in [1.54, 1.807) is 0 Å². The van der Waals surface area contributed by atoms with Crippen LogP contribution < -0.4 is 10.5 Å². The van der Waals surface area contributed by atoms with Crippen LogP contribution in [0.3, 0.4) is 0 Å². The standard InChI is InChI=1S/C11H22N2O4S/c1-17-11(14)7-8-18(15,16)13-10-6-4-2-3-5-9(10)12/h9-10,13H,2-8,12H2,1H3. The fraction of sp³-hybridized carbons (Fsp3) is 0.909. The van der Waals surface area contributed by atoms with Crippen molar-refractivity contribution < 1.29 is 17.9 Å². The Morgan fingerprint density at radius 3 is 2.67 bits per heavy atom. The number of sulfonamides is 1. The Morgan fingerprint density at radius 1 is 1.33 bits per heavy atom. The minimum Gasteiger partial charge on any atom is -0.469 e. The second-order valence-corrected chi connectivity index (χ2v) is 6.54. The van der Waals surface area contributed by atoms with Gasteiger partial charge < -0.3 is 10.5 Å². The summed E-state index contributed by atoms with van der Waals surface area (Å²) in [6.07, 6.45) is 4.59. The summed E-state index contributed by atoms with van der Waals surface area (Å²) < 4.78 is 30.6. The summed E-state index contributed by atoms with van der Waals surface area (Å²) in [7, 11) is -2.23. The van der Waals surface area contributed by atoms with Crippen molar-refractivity contribution >= 4 is 16.0 Å². The highest BCUT2D eigenvalue weighted by molar-refractivity contribution is 7.89. The Bertz CT molecular complexity index is 369. The number of nitrogens with one attached hydrogen (secondary N) is 1. The van der Waals surface area contributed by atoms with Crippen molar-refractivity contribution in [3.8, 4) is 0 Å². The smallest absolute Gasteiger partial charge is 0.306 e. The van der Waals surface area contributed by atoms with Gasteiger partial charge in [0.25, 0.3) is 0 Å². The Labute approximate surface area is 108 Å². The van der Waals surface area contributed by atoms with Crippen molar-refractivity contribution in [1.82, 2.24) is 4.72 Å². The van der Waals surface area contributed by atoms with E-state index in [2.05, 4.69) is 9.46 Å². The number of ether oxygens (including phenoxy) is 1. The van der Waals surface area contributed by atoms with Gasteiger partial charge in [-0.2, -0.15) is 0 Å². The predicted molar refractivity (Wildman–Crippen MR) is 68.4 cm³/mol. The summed E-state index contributed by atoms with van der Waals surface area (Å²) in [5, 5.41) is 0. The van der Waals surface area contributed by atoms with Gasteiger partial charge in [0.15, 0.2) is 0 Å². The van der Waals surface area contributed by atoms with E-state index < -0.39 is 16.0 Å². The van der Waals surface area contributed by atoms with E-state index in [1.165, 1.54) is 7.11 Å². The number of nitrogens with two attached hydrogens (primary N) is 1. The molecule has 0 spiro atoms. The highest BCUT2D eigenvalue weighted by Crippen LogP contribution is 2.17. The molecule has 0 radical (unpaired) electrons. The first kappa shape index (κ1) is 15.4. The average molecular weight is 278 g/mol. The van der Waals surface area contributed by atoms with Crippen molar-refractivity contribution in [2.24, 2.45) is 5.73 Å². The van der Waals surface area contributed by atoms with Gasteiger partial charge in [0.1, 0.15) is 0 Å². The van der Waals surface area contributed by atoms with E-state index in [-0.39, 0.29) is 24.3 Å². The molecule has 0 aromatic carbocycles. The van der Waals surface area contributed by atoms with Crippen molar-refractivity contribution in [2.75, 3.05) is 12.9 Å². The monoisotopic (exact) mass is 278 g/mol. The lowest BCUT2D eigenvalue weighted by molar-refractivity contribution is -0.140. The molecule has 2 unspecified atom stereocenters. The van der Waals surface area contributed by atoms with Gasteiger partial charge in [-0.25, -0.2) is 13.1 Å². The van der Waals surface area contributed by atoms with Crippen LogP contribution >= 0.6 is 0 Å². The van der Waals surface area contributed by atoms with Gasteiger partial charge >= 0.3 is 5.97 Å². The van der Waals surface area contributed by atoms with Crippen LogP contribution in [0.5, 0.6) is 0 Å². The van der Waals surface area contributed by atoms with Gasteiger partial charge in [0.05, 0.1) is 19.3 Å². The first-order valence-electron chi connectivity index (χ1n) is 6.27. The van der Waals surface area contributed by atoms with E-state index in [0.717, 1.165) is 32.1 Å². The third kappa shape index (κ3) is 5.32. The number of hydrogen-bond acceptors (Lipinski definition) is 5. The van der Waals surface area contributed by atoms with Crippen LogP contribution in [0, 0.1) is 0 Å². The van der Waals surface area contributed by atoms with E-state index >= 15 is 0 Å². The summed E-state index contributed by atoms with van der Waals surface area (Å²) in [5.74, 6) is -0.770. The largest absolute Gasteiger partial charge is 0.469 e. The van der Waals surface area contributed by atoms with Gasteiger partial charge in [-0.05, 0) is 12.8 Å². The number of carbonyl (C=O) groups is 1.